The summed E-state index contributed by atoms with van der Waals surface area (Å²) in [4.78, 5) is 8.95. The largest absolute Gasteiger partial charge is 0.247 e. The van der Waals surface area contributed by atoms with Crippen molar-refractivity contribution >= 4 is 11.0 Å². The standard InChI is InChI=1S/C18H21N4/c1-2-3-11-17-19-13-16-14-20-22(18(16)21-17)12-7-10-15-8-5-4-6-9-15/h4-6,8-9,14H,2-3,7,10-12H2,1H3. The van der Waals surface area contributed by atoms with Crippen LogP contribution in [0.4, 0.5) is 0 Å². The maximum atomic E-state index is 4.66. The lowest BCUT2D eigenvalue weighted by molar-refractivity contribution is 0.590. The van der Waals surface area contributed by atoms with Gasteiger partial charge in [0.2, 0.25) is 0 Å². The van der Waals surface area contributed by atoms with Crippen molar-refractivity contribution in [3.63, 3.8) is 0 Å². The first-order chi connectivity index (χ1) is 10.9. The van der Waals surface area contributed by atoms with E-state index in [1.54, 1.807) is 6.20 Å². The summed E-state index contributed by atoms with van der Waals surface area (Å²) >= 11 is 0. The van der Waals surface area contributed by atoms with Gasteiger partial charge in [-0.15, -0.1) is 0 Å². The normalized spacial score (nSPS) is 11.1. The molecule has 0 amide bonds. The fourth-order valence-corrected chi connectivity index (χ4v) is 2.54. The highest BCUT2D eigenvalue weighted by molar-refractivity contribution is 5.72. The lowest BCUT2D eigenvalue weighted by Crippen LogP contribution is -2.04. The van der Waals surface area contributed by atoms with Crippen LogP contribution in [-0.4, -0.2) is 19.7 Å². The smallest absolute Gasteiger partial charge is 0.162 e. The van der Waals surface area contributed by atoms with Gasteiger partial charge in [0.05, 0.1) is 11.6 Å². The number of aromatic nitrogens is 4. The molecule has 0 aliphatic heterocycles. The van der Waals surface area contributed by atoms with Crippen molar-refractivity contribution in [1.29, 1.82) is 0 Å². The lowest BCUT2D eigenvalue weighted by Gasteiger charge is -2.04. The van der Waals surface area contributed by atoms with Crippen LogP contribution in [0.5, 0.6) is 0 Å². The SMILES string of the molecule is CCCCc1n[c]c2cnn(CCCc3ccccc3)c2n1. The second kappa shape index (κ2) is 7.16. The zero-order valence-electron chi connectivity index (χ0n) is 13.0. The van der Waals surface area contributed by atoms with Gasteiger partial charge in [0, 0.05) is 13.0 Å². The molecule has 0 unspecified atom stereocenters. The van der Waals surface area contributed by atoms with Crippen molar-refractivity contribution in [3.8, 4) is 0 Å². The molecule has 0 bridgehead atoms. The highest BCUT2D eigenvalue weighted by Crippen LogP contribution is 2.12. The Morgan fingerprint density at radius 2 is 1.95 bits per heavy atom. The first-order valence-electron chi connectivity index (χ1n) is 8.01. The molecule has 0 spiro atoms. The molecule has 1 aromatic carbocycles. The van der Waals surface area contributed by atoms with E-state index in [1.807, 2.05) is 4.68 Å². The zero-order chi connectivity index (χ0) is 15.2. The van der Waals surface area contributed by atoms with E-state index in [0.717, 1.165) is 55.5 Å². The second-order valence-corrected chi connectivity index (χ2v) is 5.55. The van der Waals surface area contributed by atoms with Crippen molar-refractivity contribution < 1.29 is 0 Å². The Hall–Kier alpha value is -2.23. The van der Waals surface area contributed by atoms with Gasteiger partial charge in [0.15, 0.2) is 5.65 Å². The molecule has 4 heteroatoms. The molecule has 22 heavy (non-hydrogen) atoms. The van der Waals surface area contributed by atoms with Crippen LogP contribution in [0.15, 0.2) is 36.5 Å². The average Bonchev–Trinajstić information content (AvgIpc) is 2.96. The van der Waals surface area contributed by atoms with E-state index in [9.17, 15) is 0 Å². The summed E-state index contributed by atoms with van der Waals surface area (Å²) in [5.41, 5.74) is 2.28. The molecule has 3 aromatic rings. The minimum atomic E-state index is 0.871. The molecule has 0 fully saturated rings. The summed E-state index contributed by atoms with van der Waals surface area (Å²) in [6.07, 6.45) is 10.2. The third-order valence-corrected chi connectivity index (χ3v) is 3.78. The Bertz CT molecular complexity index is 718. The number of rotatable bonds is 7. The van der Waals surface area contributed by atoms with E-state index >= 15 is 0 Å². The number of unbranched alkanes of at least 4 members (excludes halogenated alkanes) is 1. The molecule has 0 N–H and O–H groups in total. The number of benzene rings is 1. The van der Waals surface area contributed by atoms with E-state index < -0.39 is 0 Å². The first-order valence-corrected chi connectivity index (χ1v) is 8.01. The third kappa shape index (κ3) is 3.50. The average molecular weight is 293 g/mol. The maximum Gasteiger partial charge on any atom is 0.162 e. The van der Waals surface area contributed by atoms with Crippen LogP contribution in [0.1, 0.15) is 37.6 Å². The van der Waals surface area contributed by atoms with Crippen molar-refractivity contribution in [3.05, 3.63) is 54.1 Å². The highest BCUT2D eigenvalue weighted by atomic mass is 15.3. The quantitative estimate of drug-likeness (QED) is 0.668. The molecule has 2 heterocycles. The van der Waals surface area contributed by atoms with Crippen LogP contribution in [-0.2, 0) is 19.4 Å². The minimum absolute atomic E-state index is 0.871. The summed E-state index contributed by atoms with van der Waals surface area (Å²) in [5, 5.41) is 5.33. The van der Waals surface area contributed by atoms with Gasteiger partial charge in [-0.05, 0) is 24.8 Å². The first kappa shape index (κ1) is 14.7. The molecule has 1 radical (unpaired) electrons. The number of fused-ring (bicyclic) bond motifs is 1. The number of hydrogen-bond acceptors (Lipinski definition) is 3. The van der Waals surface area contributed by atoms with Crippen LogP contribution < -0.4 is 0 Å². The minimum Gasteiger partial charge on any atom is -0.247 e. The van der Waals surface area contributed by atoms with Gasteiger partial charge < -0.3 is 0 Å². The second-order valence-electron chi connectivity index (χ2n) is 5.55. The maximum absolute atomic E-state index is 4.66. The highest BCUT2D eigenvalue weighted by Gasteiger charge is 2.07. The Labute approximate surface area is 131 Å². The Balaban J connectivity index is 1.67. The fraction of sp³-hybridized carbons (Fsp3) is 0.389. The number of aryl methyl sites for hydroxylation is 3. The summed E-state index contributed by atoms with van der Waals surface area (Å²) < 4.78 is 1.98. The molecule has 0 saturated carbocycles. The summed E-state index contributed by atoms with van der Waals surface area (Å²) in [7, 11) is 0. The summed E-state index contributed by atoms with van der Waals surface area (Å²) in [5.74, 6) is 0.874. The molecule has 3 rings (SSSR count). The molecular weight excluding hydrogens is 272 g/mol. The van der Waals surface area contributed by atoms with E-state index in [2.05, 4.69) is 58.5 Å². The third-order valence-electron chi connectivity index (χ3n) is 3.78. The van der Waals surface area contributed by atoms with Crippen molar-refractivity contribution in [2.45, 2.75) is 45.6 Å². The Morgan fingerprint density at radius 3 is 2.77 bits per heavy atom. The van der Waals surface area contributed by atoms with E-state index in [1.165, 1.54) is 5.56 Å². The van der Waals surface area contributed by atoms with E-state index in [0.29, 0.717) is 0 Å². The predicted molar refractivity (Wildman–Crippen MR) is 87.5 cm³/mol. The summed E-state index contributed by atoms with van der Waals surface area (Å²) in [6.45, 7) is 3.05. The summed E-state index contributed by atoms with van der Waals surface area (Å²) in [6, 6.07) is 10.6. The monoisotopic (exact) mass is 293 g/mol. The lowest BCUT2D eigenvalue weighted by atomic mass is 10.1. The van der Waals surface area contributed by atoms with Gasteiger partial charge in [0.25, 0.3) is 0 Å². The molecule has 2 aromatic heterocycles. The van der Waals surface area contributed by atoms with E-state index in [-0.39, 0.29) is 0 Å². The number of hydrogen-bond donors (Lipinski definition) is 0. The van der Waals surface area contributed by atoms with Gasteiger partial charge in [-0.2, -0.15) is 5.10 Å². The Morgan fingerprint density at radius 1 is 1.09 bits per heavy atom. The van der Waals surface area contributed by atoms with Crippen LogP contribution in [0.2, 0.25) is 0 Å². The van der Waals surface area contributed by atoms with Gasteiger partial charge in [0.1, 0.15) is 12.0 Å². The number of nitrogens with zero attached hydrogens (tertiary/aromatic N) is 4. The van der Waals surface area contributed by atoms with Crippen LogP contribution in [0.3, 0.4) is 0 Å². The van der Waals surface area contributed by atoms with Crippen LogP contribution in [0.25, 0.3) is 11.0 Å². The van der Waals surface area contributed by atoms with Gasteiger partial charge >= 0.3 is 0 Å². The molecule has 0 aliphatic carbocycles. The van der Waals surface area contributed by atoms with Crippen molar-refractivity contribution in [1.82, 2.24) is 19.7 Å². The molecule has 0 saturated heterocycles. The van der Waals surface area contributed by atoms with Crippen molar-refractivity contribution in [2.75, 3.05) is 0 Å². The molecule has 0 atom stereocenters. The molecule has 0 aliphatic rings. The van der Waals surface area contributed by atoms with Gasteiger partial charge in [-0.1, -0.05) is 43.7 Å². The molecular formula is C18H21N4. The topological polar surface area (TPSA) is 43.6 Å². The molecule has 4 nitrogen and oxygen atoms in total. The molecule has 113 valence electrons. The zero-order valence-corrected chi connectivity index (χ0v) is 13.0. The fourth-order valence-electron chi connectivity index (χ4n) is 2.54. The van der Waals surface area contributed by atoms with Gasteiger partial charge in [-0.25, -0.2) is 14.6 Å². The van der Waals surface area contributed by atoms with E-state index in [4.69, 9.17) is 0 Å². The van der Waals surface area contributed by atoms with Crippen LogP contribution in [0, 0.1) is 6.20 Å². The van der Waals surface area contributed by atoms with Gasteiger partial charge in [-0.3, -0.25) is 0 Å². The predicted octanol–water partition coefficient (Wildman–Crippen LogP) is 3.60. The van der Waals surface area contributed by atoms with Crippen LogP contribution >= 0.6 is 0 Å². The van der Waals surface area contributed by atoms with Crippen molar-refractivity contribution in [2.24, 2.45) is 0 Å². The Kier molecular flexibility index (Phi) is 4.78.